The molecule has 0 aliphatic carbocycles. The average molecular weight is 256 g/mol. The van der Waals surface area contributed by atoms with E-state index in [4.69, 9.17) is 9.47 Å². The van der Waals surface area contributed by atoms with Crippen LogP contribution < -0.4 is 0 Å². The number of hydrogen-bond acceptors (Lipinski definition) is 4. The van der Waals surface area contributed by atoms with Crippen LogP contribution in [0.5, 0.6) is 0 Å². The highest BCUT2D eigenvalue weighted by Gasteiger charge is 2.11. The molecule has 18 heavy (non-hydrogen) atoms. The Morgan fingerprint density at radius 3 is 1.28 bits per heavy atom. The largest absolute Gasteiger partial charge is 0.465 e. The maximum Gasteiger partial charge on any atom is 0.317 e. The molecule has 0 atom stereocenters. The molecule has 0 spiro atoms. The van der Waals surface area contributed by atoms with Gasteiger partial charge in [0.1, 0.15) is 6.42 Å². The Hall–Kier alpha value is -1.06. The van der Waals surface area contributed by atoms with Crippen molar-refractivity contribution in [3.8, 4) is 0 Å². The van der Waals surface area contributed by atoms with E-state index in [1.54, 1.807) is 0 Å². The van der Waals surface area contributed by atoms with Gasteiger partial charge >= 0.3 is 11.9 Å². The highest BCUT2D eigenvalue weighted by Crippen LogP contribution is 2.10. The van der Waals surface area contributed by atoms with E-state index >= 15 is 0 Å². The Balaban J connectivity index is 2.23. The summed E-state index contributed by atoms with van der Waals surface area (Å²) in [5, 5.41) is 0. The summed E-state index contributed by atoms with van der Waals surface area (Å²) in [7, 11) is 0. The molecule has 0 bridgehead atoms. The minimum atomic E-state index is -0.466. The van der Waals surface area contributed by atoms with Crippen molar-refractivity contribution in [2.24, 2.45) is 0 Å². The number of hydrogen-bond donors (Lipinski definition) is 0. The van der Waals surface area contributed by atoms with E-state index in [1.165, 1.54) is 32.1 Å². The molecule has 1 fully saturated rings. The summed E-state index contributed by atoms with van der Waals surface area (Å²) in [6, 6.07) is 0. The number of carbonyl (C=O) groups excluding carboxylic acids is 2. The van der Waals surface area contributed by atoms with E-state index in [-0.39, 0.29) is 6.42 Å². The first kappa shape index (κ1) is 15.0. The highest BCUT2D eigenvalue weighted by molar-refractivity contribution is 5.91. The number of esters is 2. The Kier molecular flexibility index (Phi) is 8.26. The SMILES string of the molecule is O=C1CC(=O)OCCCCCCCCCCCO1. The number of ether oxygens (including phenoxy) is 2. The molecule has 1 saturated heterocycles. The van der Waals surface area contributed by atoms with E-state index in [0.717, 1.165) is 25.7 Å². The summed E-state index contributed by atoms with van der Waals surface area (Å²) in [4.78, 5) is 22.5. The van der Waals surface area contributed by atoms with Gasteiger partial charge in [-0.1, -0.05) is 44.9 Å². The molecule has 1 aliphatic heterocycles. The van der Waals surface area contributed by atoms with Gasteiger partial charge in [0.15, 0.2) is 0 Å². The lowest BCUT2D eigenvalue weighted by atomic mass is 10.1. The molecular weight excluding hydrogens is 232 g/mol. The lowest BCUT2D eigenvalue weighted by molar-refractivity contribution is -0.154. The van der Waals surface area contributed by atoms with Gasteiger partial charge in [-0.2, -0.15) is 0 Å². The van der Waals surface area contributed by atoms with Gasteiger partial charge in [0.2, 0.25) is 0 Å². The molecule has 1 rings (SSSR count). The second-order valence-corrected chi connectivity index (χ2v) is 4.80. The standard InChI is InChI=1S/C14H24O4/c15-13-12-14(16)18-11-9-7-5-3-1-2-4-6-8-10-17-13/h1-12H2. The van der Waals surface area contributed by atoms with Crippen molar-refractivity contribution < 1.29 is 19.1 Å². The molecule has 0 amide bonds. The normalized spacial score (nSPS) is 22.0. The molecule has 4 heteroatoms. The quantitative estimate of drug-likeness (QED) is 0.494. The third-order valence-corrected chi connectivity index (χ3v) is 3.10. The number of rotatable bonds is 0. The molecule has 0 aromatic heterocycles. The second kappa shape index (κ2) is 9.92. The van der Waals surface area contributed by atoms with Crippen molar-refractivity contribution in [1.82, 2.24) is 0 Å². The zero-order chi connectivity index (χ0) is 13.1. The molecule has 0 unspecified atom stereocenters. The van der Waals surface area contributed by atoms with Gasteiger partial charge in [0.25, 0.3) is 0 Å². The maximum atomic E-state index is 11.3. The fourth-order valence-corrected chi connectivity index (χ4v) is 2.03. The zero-order valence-corrected chi connectivity index (χ0v) is 11.1. The molecule has 0 radical (unpaired) electrons. The monoisotopic (exact) mass is 256 g/mol. The van der Waals surface area contributed by atoms with Crippen LogP contribution in [0.15, 0.2) is 0 Å². The molecular formula is C14H24O4. The number of cyclic esters (lactones) is 2. The Morgan fingerprint density at radius 2 is 0.889 bits per heavy atom. The fourth-order valence-electron chi connectivity index (χ4n) is 2.03. The molecule has 104 valence electrons. The first-order valence-electron chi connectivity index (χ1n) is 7.10. The van der Waals surface area contributed by atoms with E-state index in [1.807, 2.05) is 0 Å². The third kappa shape index (κ3) is 8.09. The summed E-state index contributed by atoms with van der Waals surface area (Å²) in [6.07, 6.45) is 9.95. The molecule has 0 aromatic carbocycles. The minimum absolute atomic E-state index is 0.250. The van der Waals surface area contributed by atoms with Crippen molar-refractivity contribution in [3.05, 3.63) is 0 Å². The van der Waals surface area contributed by atoms with Crippen LogP contribution in [-0.2, 0) is 19.1 Å². The van der Waals surface area contributed by atoms with E-state index in [0.29, 0.717) is 13.2 Å². The third-order valence-electron chi connectivity index (χ3n) is 3.10. The maximum absolute atomic E-state index is 11.3. The van der Waals surface area contributed by atoms with Gasteiger partial charge in [0.05, 0.1) is 13.2 Å². The first-order valence-corrected chi connectivity index (χ1v) is 7.10. The predicted octanol–water partition coefficient (Wildman–Crippen LogP) is 2.99. The van der Waals surface area contributed by atoms with Crippen molar-refractivity contribution in [2.75, 3.05) is 13.2 Å². The second-order valence-electron chi connectivity index (χ2n) is 4.80. The van der Waals surface area contributed by atoms with Gasteiger partial charge in [-0.3, -0.25) is 9.59 Å². The van der Waals surface area contributed by atoms with Crippen LogP contribution in [0.4, 0.5) is 0 Å². The average Bonchev–Trinajstić information content (AvgIpc) is 2.33. The highest BCUT2D eigenvalue weighted by atomic mass is 16.6. The molecule has 1 heterocycles. The lowest BCUT2D eigenvalue weighted by Crippen LogP contribution is -2.15. The summed E-state index contributed by atoms with van der Waals surface area (Å²) in [6.45, 7) is 0.845. The minimum Gasteiger partial charge on any atom is -0.465 e. The van der Waals surface area contributed by atoms with Gasteiger partial charge in [-0.05, 0) is 12.8 Å². The topological polar surface area (TPSA) is 52.6 Å². The smallest absolute Gasteiger partial charge is 0.317 e. The van der Waals surface area contributed by atoms with E-state index < -0.39 is 11.9 Å². The van der Waals surface area contributed by atoms with Crippen molar-refractivity contribution in [1.29, 1.82) is 0 Å². The zero-order valence-electron chi connectivity index (χ0n) is 11.1. The Labute approximate surface area is 109 Å². The summed E-state index contributed by atoms with van der Waals surface area (Å²) < 4.78 is 9.95. The van der Waals surface area contributed by atoms with Gasteiger partial charge in [0, 0.05) is 0 Å². The number of carbonyl (C=O) groups is 2. The van der Waals surface area contributed by atoms with Crippen LogP contribution in [0.1, 0.15) is 64.2 Å². The van der Waals surface area contributed by atoms with Crippen molar-refractivity contribution >= 4 is 11.9 Å². The van der Waals surface area contributed by atoms with Crippen LogP contribution >= 0.6 is 0 Å². The molecule has 0 aromatic rings. The van der Waals surface area contributed by atoms with Crippen LogP contribution in [-0.4, -0.2) is 25.2 Å². The predicted molar refractivity (Wildman–Crippen MR) is 68.1 cm³/mol. The van der Waals surface area contributed by atoms with Gasteiger partial charge in [-0.15, -0.1) is 0 Å². The fraction of sp³-hybridized carbons (Fsp3) is 0.857. The lowest BCUT2D eigenvalue weighted by Gasteiger charge is -2.07. The molecule has 0 N–H and O–H groups in total. The van der Waals surface area contributed by atoms with E-state index in [2.05, 4.69) is 0 Å². The first-order chi connectivity index (χ1) is 8.79. The summed E-state index contributed by atoms with van der Waals surface area (Å²) >= 11 is 0. The molecule has 0 saturated carbocycles. The summed E-state index contributed by atoms with van der Waals surface area (Å²) in [5.41, 5.74) is 0. The molecule has 1 aliphatic rings. The molecule has 4 nitrogen and oxygen atoms in total. The van der Waals surface area contributed by atoms with Gasteiger partial charge < -0.3 is 9.47 Å². The van der Waals surface area contributed by atoms with E-state index in [9.17, 15) is 9.59 Å². The van der Waals surface area contributed by atoms with Crippen molar-refractivity contribution in [3.63, 3.8) is 0 Å². The Morgan fingerprint density at radius 1 is 0.556 bits per heavy atom. The van der Waals surface area contributed by atoms with Crippen LogP contribution in [0, 0.1) is 0 Å². The van der Waals surface area contributed by atoms with Crippen LogP contribution in [0.25, 0.3) is 0 Å². The van der Waals surface area contributed by atoms with Crippen LogP contribution in [0.2, 0.25) is 0 Å². The Bertz CT molecular complexity index is 226. The summed E-state index contributed by atoms with van der Waals surface area (Å²) in [5.74, 6) is -0.931. The van der Waals surface area contributed by atoms with Crippen molar-refractivity contribution in [2.45, 2.75) is 64.2 Å². The van der Waals surface area contributed by atoms with Gasteiger partial charge in [-0.25, -0.2) is 0 Å². The van der Waals surface area contributed by atoms with Crippen LogP contribution in [0.3, 0.4) is 0 Å².